The number of halogens is 3. The van der Waals surface area contributed by atoms with Gasteiger partial charge >= 0.3 is 11.9 Å². The second kappa shape index (κ2) is 3.76. The first kappa shape index (κ1) is 11.4. The summed E-state index contributed by atoms with van der Waals surface area (Å²) >= 11 is 0. The summed E-state index contributed by atoms with van der Waals surface area (Å²) in [5, 5.41) is 3.76. The lowest BCUT2D eigenvalue weighted by Crippen LogP contribution is -2.21. The van der Waals surface area contributed by atoms with Crippen LogP contribution in [-0.2, 0) is 13.2 Å². The van der Waals surface area contributed by atoms with E-state index >= 15 is 0 Å². The molecule has 0 saturated heterocycles. The van der Waals surface area contributed by atoms with Crippen LogP contribution in [0.1, 0.15) is 5.56 Å². The molecule has 1 aromatic heterocycles. The maximum atomic E-state index is 12.3. The average molecular weight is 243 g/mol. The number of benzene rings is 1. The predicted octanol–water partition coefficient (Wildman–Crippen LogP) is 1.59. The number of nitrogens with zero attached hydrogens (tertiary/aromatic N) is 3. The molecule has 4 nitrogen and oxygen atoms in total. The normalized spacial score (nSPS) is 11.8. The lowest BCUT2D eigenvalue weighted by molar-refractivity contribution is -0.137. The number of aryl methyl sites for hydroxylation is 1. The fourth-order valence-electron chi connectivity index (χ4n) is 1.35. The van der Waals surface area contributed by atoms with Crippen molar-refractivity contribution in [1.82, 2.24) is 14.3 Å². The molecule has 2 rings (SSSR count). The van der Waals surface area contributed by atoms with E-state index in [9.17, 15) is 18.0 Å². The number of alkyl halides is 3. The second-order valence-electron chi connectivity index (χ2n) is 3.48. The van der Waals surface area contributed by atoms with Gasteiger partial charge in [0.05, 0.1) is 11.3 Å². The van der Waals surface area contributed by atoms with E-state index in [1.165, 1.54) is 30.1 Å². The second-order valence-corrected chi connectivity index (χ2v) is 3.48. The highest BCUT2D eigenvalue weighted by Gasteiger charge is 2.30. The molecule has 0 aliphatic rings. The van der Waals surface area contributed by atoms with E-state index in [0.717, 1.165) is 16.8 Å². The lowest BCUT2D eigenvalue weighted by atomic mass is 10.2. The van der Waals surface area contributed by atoms with E-state index in [1.807, 2.05) is 0 Å². The van der Waals surface area contributed by atoms with Gasteiger partial charge in [-0.15, -0.1) is 0 Å². The third-order valence-corrected chi connectivity index (χ3v) is 2.26. The van der Waals surface area contributed by atoms with Gasteiger partial charge in [-0.1, -0.05) is 0 Å². The van der Waals surface area contributed by atoms with E-state index in [4.69, 9.17) is 0 Å². The topological polar surface area (TPSA) is 39.8 Å². The van der Waals surface area contributed by atoms with Gasteiger partial charge in [-0.3, -0.25) is 4.57 Å². The maximum absolute atomic E-state index is 12.3. The fourth-order valence-corrected chi connectivity index (χ4v) is 1.35. The number of hydrogen-bond acceptors (Lipinski definition) is 2. The third-order valence-electron chi connectivity index (χ3n) is 2.26. The van der Waals surface area contributed by atoms with Crippen LogP contribution in [-0.4, -0.2) is 14.3 Å². The minimum Gasteiger partial charge on any atom is -0.284 e. The van der Waals surface area contributed by atoms with E-state index < -0.39 is 17.4 Å². The maximum Gasteiger partial charge on any atom is 0.416 e. The molecule has 17 heavy (non-hydrogen) atoms. The first-order valence-corrected chi connectivity index (χ1v) is 4.68. The molecule has 1 aromatic carbocycles. The standard InChI is InChI=1S/C10H8F3N3O/c1-15-6-14-16(9(15)17)8-4-2-7(3-5-8)10(11,12)13/h2-6H,1H3. The molecule has 0 bridgehead atoms. The molecule has 0 unspecified atom stereocenters. The van der Waals surface area contributed by atoms with Crippen LogP contribution >= 0.6 is 0 Å². The van der Waals surface area contributed by atoms with Crippen molar-refractivity contribution in [3.63, 3.8) is 0 Å². The average Bonchev–Trinajstić information content (AvgIpc) is 2.59. The van der Waals surface area contributed by atoms with E-state index in [2.05, 4.69) is 5.10 Å². The zero-order valence-electron chi connectivity index (χ0n) is 8.77. The van der Waals surface area contributed by atoms with Crippen LogP contribution in [0.3, 0.4) is 0 Å². The summed E-state index contributed by atoms with van der Waals surface area (Å²) in [5.74, 6) is 0. The van der Waals surface area contributed by atoms with Crippen LogP contribution in [0.2, 0.25) is 0 Å². The molecule has 0 aliphatic carbocycles. The quantitative estimate of drug-likeness (QED) is 0.763. The van der Waals surface area contributed by atoms with Gasteiger partial charge in [-0.2, -0.15) is 23.0 Å². The zero-order valence-corrected chi connectivity index (χ0v) is 8.77. The highest BCUT2D eigenvalue weighted by molar-refractivity contribution is 5.34. The molecule has 2 aromatic rings. The number of hydrogen-bond donors (Lipinski definition) is 0. The third kappa shape index (κ3) is 2.08. The van der Waals surface area contributed by atoms with Crippen LogP contribution < -0.4 is 5.69 Å². The zero-order chi connectivity index (χ0) is 12.6. The smallest absolute Gasteiger partial charge is 0.284 e. The molecular formula is C10H8F3N3O. The lowest BCUT2D eigenvalue weighted by Gasteiger charge is -2.06. The highest BCUT2D eigenvalue weighted by Crippen LogP contribution is 2.29. The van der Waals surface area contributed by atoms with Crippen LogP contribution in [0.4, 0.5) is 13.2 Å². The van der Waals surface area contributed by atoms with Crippen molar-refractivity contribution in [1.29, 1.82) is 0 Å². The number of aromatic nitrogens is 3. The van der Waals surface area contributed by atoms with Crippen molar-refractivity contribution in [3.8, 4) is 5.69 Å². The van der Waals surface area contributed by atoms with Gasteiger partial charge in [0.1, 0.15) is 6.33 Å². The largest absolute Gasteiger partial charge is 0.416 e. The SMILES string of the molecule is Cn1cnn(-c2ccc(C(F)(F)F)cc2)c1=O. The molecule has 0 radical (unpaired) electrons. The molecule has 0 atom stereocenters. The molecule has 7 heteroatoms. The summed E-state index contributed by atoms with van der Waals surface area (Å²) in [5.41, 5.74) is -0.876. The molecule has 0 aliphatic heterocycles. The van der Waals surface area contributed by atoms with Crippen molar-refractivity contribution >= 4 is 0 Å². The summed E-state index contributed by atoms with van der Waals surface area (Å²) in [4.78, 5) is 11.5. The Morgan fingerprint density at radius 3 is 2.18 bits per heavy atom. The predicted molar refractivity (Wildman–Crippen MR) is 53.8 cm³/mol. The van der Waals surface area contributed by atoms with Gasteiger partial charge in [0.2, 0.25) is 0 Å². The molecular weight excluding hydrogens is 235 g/mol. The summed E-state index contributed by atoms with van der Waals surface area (Å²) < 4.78 is 39.2. The Hall–Kier alpha value is -2.05. The van der Waals surface area contributed by atoms with E-state index in [-0.39, 0.29) is 0 Å². The Bertz CT molecular complexity index is 580. The Morgan fingerprint density at radius 1 is 1.18 bits per heavy atom. The van der Waals surface area contributed by atoms with Crippen LogP contribution in [0, 0.1) is 0 Å². The molecule has 0 fully saturated rings. The van der Waals surface area contributed by atoms with Crippen LogP contribution in [0.25, 0.3) is 5.69 Å². The summed E-state index contributed by atoms with van der Waals surface area (Å²) in [6.45, 7) is 0. The molecule has 0 saturated carbocycles. The van der Waals surface area contributed by atoms with Gasteiger partial charge in [-0.25, -0.2) is 4.79 Å². The molecule has 0 amide bonds. The van der Waals surface area contributed by atoms with Gasteiger partial charge in [0.25, 0.3) is 0 Å². The minimum atomic E-state index is -4.38. The first-order chi connectivity index (χ1) is 7.89. The van der Waals surface area contributed by atoms with Gasteiger partial charge < -0.3 is 0 Å². The van der Waals surface area contributed by atoms with Crippen molar-refractivity contribution < 1.29 is 13.2 Å². The van der Waals surface area contributed by atoms with Crippen molar-refractivity contribution in [2.24, 2.45) is 7.05 Å². The molecule has 1 heterocycles. The summed E-state index contributed by atoms with van der Waals surface area (Å²) in [6, 6.07) is 4.24. The monoisotopic (exact) mass is 243 g/mol. The summed E-state index contributed by atoms with van der Waals surface area (Å²) in [7, 11) is 1.51. The Kier molecular flexibility index (Phi) is 2.53. The van der Waals surface area contributed by atoms with Crippen LogP contribution in [0.15, 0.2) is 35.4 Å². The number of rotatable bonds is 1. The van der Waals surface area contributed by atoms with Gasteiger partial charge in [0.15, 0.2) is 0 Å². The molecule has 90 valence electrons. The van der Waals surface area contributed by atoms with Crippen molar-refractivity contribution in [2.45, 2.75) is 6.18 Å². The summed E-state index contributed by atoms with van der Waals surface area (Å²) in [6.07, 6.45) is -3.09. The first-order valence-electron chi connectivity index (χ1n) is 4.68. The Balaban J connectivity index is 2.43. The van der Waals surface area contributed by atoms with Crippen molar-refractivity contribution in [2.75, 3.05) is 0 Å². The van der Waals surface area contributed by atoms with E-state index in [1.54, 1.807) is 0 Å². The molecule has 0 N–H and O–H groups in total. The van der Waals surface area contributed by atoms with E-state index in [0.29, 0.717) is 5.69 Å². The highest BCUT2D eigenvalue weighted by atomic mass is 19.4. The Labute approximate surface area is 93.9 Å². The van der Waals surface area contributed by atoms with Crippen molar-refractivity contribution in [3.05, 3.63) is 46.6 Å². The molecule has 0 spiro atoms. The fraction of sp³-hybridized carbons (Fsp3) is 0.200. The minimum absolute atomic E-state index is 0.295. The van der Waals surface area contributed by atoms with Gasteiger partial charge in [0, 0.05) is 7.05 Å². The van der Waals surface area contributed by atoms with Gasteiger partial charge in [-0.05, 0) is 24.3 Å². The van der Waals surface area contributed by atoms with Crippen LogP contribution in [0.5, 0.6) is 0 Å². The Morgan fingerprint density at radius 2 is 1.76 bits per heavy atom.